The molecule has 1 aliphatic rings. The number of rotatable bonds is 6. The predicted molar refractivity (Wildman–Crippen MR) is 122 cm³/mol. The quantitative estimate of drug-likeness (QED) is 0.525. The third-order valence-corrected chi connectivity index (χ3v) is 5.74. The molecule has 2 amide bonds. The van der Waals surface area contributed by atoms with Gasteiger partial charge in [0.15, 0.2) is 0 Å². The Morgan fingerprint density at radius 1 is 0.969 bits per heavy atom. The lowest BCUT2D eigenvalue weighted by Gasteiger charge is -2.16. The van der Waals surface area contributed by atoms with Crippen LogP contribution in [0.2, 0.25) is 5.02 Å². The molecular weight excluding hydrogens is 431 g/mol. The van der Waals surface area contributed by atoms with Crippen LogP contribution in [0.5, 0.6) is 5.75 Å². The standard InChI is InChI=1S/C25H20ClFN2O3/c1-15-19(26)7-5-8-20(15)28-23-22(18-6-3-4-9-21(18)32-2)24(30)29(25(23)31)14-16-10-12-17(27)13-11-16/h3-13,28H,14H2,1-2H3. The minimum absolute atomic E-state index is 0.0102. The van der Waals surface area contributed by atoms with Crippen LogP contribution in [0, 0.1) is 12.7 Å². The van der Waals surface area contributed by atoms with E-state index in [1.807, 2.05) is 6.92 Å². The van der Waals surface area contributed by atoms with Crippen molar-refractivity contribution < 1.29 is 18.7 Å². The summed E-state index contributed by atoms with van der Waals surface area (Å²) in [5.41, 5.74) is 2.83. The molecule has 0 spiro atoms. The second-order valence-electron chi connectivity index (χ2n) is 7.31. The third-order valence-electron chi connectivity index (χ3n) is 5.33. The first-order chi connectivity index (χ1) is 15.4. The lowest BCUT2D eigenvalue weighted by atomic mass is 10.0. The molecule has 0 fully saturated rings. The maximum absolute atomic E-state index is 13.5. The summed E-state index contributed by atoms with van der Waals surface area (Å²) in [6.45, 7) is 1.84. The fraction of sp³-hybridized carbons (Fsp3) is 0.120. The first-order valence-corrected chi connectivity index (χ1v) is 10.3. The zero-order valence-electron chi connectivity index (χ0n) is 17.5. The molecule has 3 aromatic carbocycles. The van der Waals surface area contributed by atoms with Crippen LogP contribution in [0.4, 0.5) is 10.1 Å². The monoisotopic (exact) mass is 450 g/mol. The van der Waals surface area contributed by atoms with E-state index in [1.54, 1.807) is 54.6 Å². The SMILES string of the molecule is COc1ccccc1C1=C(Nc2cccc(Cl)c2C)C(=O)N(Cc2ccc(F)cc2)C1=O. The number of ether oxygens (including phenoxy) is 1. The zero-order chi connectivity index (χ0) is 22.8. The maximum atomic E-state index is 13.5. The van der Waals surface area contributed by atoms with Gasteiger partial charge in [-0.15, -0.1) is 0 Å². The van der Waals surface area contributed by atoms with E-state index in [1.165, 1.54) is 19.2 Å². The summed E-state index contributed by atoms with van der Waals surface area (Å²) in [4.78, 5) is 28.0. The van der Waals surface area contributed by atoms with Crippen LogP contribution in [0.25, 0.3) is 5.57 Å². The Hall–Kier alpha value is -3.64. The number of carbonyl (C=O) groups is 2. The van der Waals surface area contributed by atoms with Crippen molar-refractivity contribution in [3.05, 3.63) is 100.0 Å². The molecule has 3 aromatic rings. The Bertz CT molecular complexity index is 1240. The summed E-state index contributed by atoms with van der Waals surface area (Å²) >= 11 is 6.25. The van der Waals surface area contributed by atoms with E-state index in [-0.39, 0.29) is 23.6 Å². The molecule has 0 radical (unpaired) electrons. The Morgan fingerprint density at radius 3 is 2.41 bits per heavy atom. The second-order valence-corrected chi connectivity index (χ2v) is 7.72. The number of halogens is 2. The van der Waals surface area contributed by atoms with Gasteiger partial charge in [-0.2, -0.15) is 0 Å². The van der Waals surface area contributed by atoms with Gasteiger partial charge in [0.05, 0.1) is 19.2 Å². The van der Waals surface area contributed by atoms with Crippen LogP contribution in [0.1, 0.15) is 16.7 Å². The van der Waals surface area contributed by atoms with Gasteiger partial charge in [0, 0.05) is 16.3 Å². The zero-order valence-corrected chi connectivity index (χ0v) is 18.2. The van der Waals surface area contributed by atoms with Crippen molar-refractivity contribution in [1.82, 2.24) is 4.90 Å². The van der Waals surface area contributed by atoms with Crippen molar-refractivity contribution in [3.8, 4) is 5.75 Å². The maximum Gasteiger partial charge on any atom is 0.278 e. The van der Waals surface area contributed by atoms with E-state index in [9.17, 15) is 14.0 Å². The number of hydrogen-bond acceptors (Lipinski definition) is 4. The molecule has 0 aromatic heterocycles. The summed E-state index contributed by atoms with van der Waals surface area (Å²) in [7, 11) is 1.51. The molecule has 32 heavy (non-hydrogen) atoms. The summed E-state index contributed by atoms with van der Waals surface area (Å²) in [5, 5.41) is 3.66. The first-order valence-electron chi connectivity index (χ1n) is 9.91. The number of carbonyl (C=O) groups excluding carboxylic acids is 2. The summed E-state index contributed by atoms with van der Waals surface area (Å²) in [5.74, 6) is -0.876. The molecule has 0 bridgehead atoms. The Morgan fingerprint density at radius 2 is 1.69 bits per heavy atom. The molecule has 5 nitrogen and oxygen atoms in total. The average Bonchev–Trinajstić information content (AvgIpc) is 3.02. The van der Waals surface area contributed by atoms with Gasteiger partial charge in [-0.25, -0.2) is 4.39 Å². The summed E-state index contributed by atoms with van der Waals surface area (Å²) in [6.07, 6.45) is 0. The highest BCUT2D eigenvalue weighted by Crippen LogP contribution is 2.36. The largest absolute Gasteiger partial charge is 0.496 e. The smallest absolute Gasteiger partial charge is 0.278 e. The number of nitrogens with one attached hydrogen (secondary N) is 1. The fourth-order valence-electron chi connectivity index (χ4n) is 3.59. The predicted octanol–water partition coefficient (Wildman–Crippen LogP) is 5.19. The van der Waals surface area contributed by atoms with E-state index < -0.39 is 11.8 Å². The first kappa shape index (κ1) is 21.6. The number of hydrogen-bond donors (Lipinski definition) is 1. The minimum atomic E-state index is -0.486. The van der Waals surface area contributed by atoms with Crippen molar-refractivity contribution in [1.29, 1.82) is 0 Å². The molecule has 4 rings (SSSR count). The summed E-state index contributed by atoms with van der Waals surface area (Å²) < 4.78 is 18.7. The molecule has 1 aliphatic heterocycles. The molecule has 0 aliphatic carbocycles. The van der Waals surface area contributed by atoms with Gasteiger partial charge in [-0.1, -0.05) is 48.0 Å². The summed E-state index contributed by atoms with van der Waals surface area (Å²) in [6, 6.07) is 18.0. The lowest BCUT2D eigenvalue weighted by molar-refractivity contribution is -0.137. The van der Waals surface area contributed by atoms with Gasteiger partial charge >= 0.3 is 0 Å². The molecular formula is C25H20ClFN2O3. The van der Waals surface area contributed by atoms with Crippen molar-refractivity contribution in [2.45, 2.75) is 13.5 Å². The highest BCUT2D eigenvalue weighted by Gasteiger charge is 2.40. The Balaban J connectivity index is 1.80. The van der Waals surface area contributed by atoms with Gasteiger partial charge < -0.3 is 10.1 Å². The normalized spacial score (nSPS) is 13.7. The van der Waals surface area contributed by atoms with E-state index in [2.05, 4.69) is 5.32 Å². The van der Waals surface area contributed by atoms with Crippen molar-refractivity contribution in [2.75, 3.05) is 12.4 Å². The lowest BCUT2D eigenvalue weighted by Crippen LogP contribution is -2.32. The van der Waals surface area contributed by atoms with Crippen molar-refractivity contribution >= 4 is 34.7 Å². The topological polar surface area (TPSA) is 58.6 Å². The molecule has 1 N–H and O–H groups in total. The average molecular weight is 451 g/mol. The van der Waals surface area contributed by atoms with Crippen molar-refractivity contribution in [3.63, 3.8) is 0 Å². The molecule has 0 saturated heterocycles. The second kappa shape index (κ2) is 8.85. The van der Waals surface area contributed by atoms with Crippen LogP contribution in [0.15, 0.2) is 72.4 Å². The Labute approximate surface area is 190 Å². The van der Waals surface area contributed by atoms with E-state index >= 15 is 0 Å². The Kier molecular flexibility index (Phi) is 5.97. The van der Waals surface area contributed by atoms with E-state index in [4.69, 9.17) is 16.3 Å². The van der Waals surface area contributed by atoms with Crippen LogP contribution in [-0.2, 0) is 16.1 Å². The number of methoxy groups -OCH3 is 1. The van der Waals surface area contributed by atoms with E-state index in [0.29, 0.717) is 27.6 Å². The van der Waals surface area contributed by atoms with Gasteiger partial charge in [0.25, 0.3) is 11.8 Å². The highest BCUT2D eigenvalue weighted by atomic mass is 35.5. The molecule has 1 heterocycles. The van der Waals surface area contributed by atoms with Crippen LogP contribution >= 0.6 is 11.6 Å². The van der Waals surface area contributed by atoms with Crippen molar-refractivity contribution in [2.24, 2.45) is 0 Å². The number of amides is 2. The number of imide groups is 1. The van der Waals surface area contributed by atoms with Gasteiger partial charge in [-0.3, -0.25) is 14.5 Å². The number of anilines is 1. The molecule has 0 saturated carbocycles. The van der Waals surface area contributed by atoms with Crippen LogP contribution < -0.4 is 10.1 Å². The molecule has 0 unspecified atom stereocenters. The third kappa shape index (κ3) is 3.97. The van der Waals surface area contributed by atoms with Gasteiger partial charge in [-0.05, 0) is 48.4 Å². The van der Waals surface area contributed by atoms with Gasteiger partial charge in [0.2, 0.25) is 0 Å². The molecule has 162 valence electrons. The van der Waals surface area contributed by atoms with Crippen LogP contribution in [0.3, 0.4) is 0 Å². The van der Waals surface area contributed by atoms with Gasteiger partial charge in [0.1, 0.15) is 17.3 Å². The number of benzene rings is 3. The fourth-order valence-corrected chi connectivity index (χ4v) is 3.76. The minimum Gasteiger partial charge on any atom is -0.496 e. The molecule has 0 atom stereocenters. The molecule has 7 heteroatoms. The van der Waals surface area contributed by atoms with E-state index in [0.717, 1.165) is 10.5 Å². The van der Waals surface area contributed by atoms with Crippen LogP contribution in [-0.4, -0.2) is 23.8 Å². The number of para-hydroxylation sites is 1. The number of nitrogens with zero attached hydrogens (tertiary/aromatic N) is 1. The highest BCUT2D eigenvalue weighted by molar-refractivity contribution is 6.37.